The van der Waals surface area contributed by atoms with Crippen LogP contribution in [0, 0.1) is 0 Å². The first-order valence-electron chi connectivity index (χ1n) is 5.13. The number of hydrogen-bond donors (Lipinski definition) is 4. The predicted octanol–water partition coefficient (Wildman–Crippen LogP) is -0.0935. The van der Waals surface area contributed by atoms with Crippen molar-refractivity contribution in [2.24, 2.45) is 5.73 Å². The lowest BCUT2D eigenvalue weighted by Gasteiger charge is -2.12. The third-order valence-electron chi connectivity index (χ3n) is 2.20. The molecule has 0 aliphatic rings. The number of phenols is 1. The molecular formula is C10H14NO7P. The summed E-state index contributed by atoms with van der Waals surface area (Å²) in [5.74, 6) is -1.42. The van der Waals surface area contributed by atoms with E-state index in [1.165, 1.54) is 25.3 Å². The highest BCUT2D eigenvalue weighted by atomic mass is 31.2. The zero-order chi connectivity index (χ0) is 14.6. The summed E-state index contributed by atoms with van der Waals surface area (Å²) in [4.78, 5) is 28.3. The zero-order valence-electron chi connectivity index (χ0n) is 10.0. The first kappa shape index (κ1) is 15.5. The fourth-order valence-electron chi connectivity index (χ4n) is 1.38. The van der Waals surface area contributed by atoms with Gasteiger partial charge in [-0.05, 0) is 24.1 Å². The lowest BCUT2D eigenvalue weighted by molar-refractivity contribution is -0.142. The van der Waals surface area contributed by atoms with E-state index < -0.39 is 25.6 Å². The number of phosphoric acid groups is 1. The lowest BCUT2D eigenvalue weighted by Crippen LogP contribution is -2.33. The first-order chi connectivity index (χ1) is 8.73. The van der Waals surface area contributed by atoms with Gasteiger partial charge in [0, 0.05) is 0 Å². The van der Waals surface area contributed by atoms with E-state index in [9.17, 15) is 14.5 Å². The summed E-state index contributed by atoms with van der Waals surface area (Å²) in [6.45, 7) is 0. The summed E-state index contributed by atoms with van der Waals surface area (Å²) in [6, 6.07) is 2.91. The van der Waals surface area contributed by atoms with E-state index in [0.29, 0.717) is 5.56 Å². The van der Waals surface area contributed by atoms with E-state index in [-0.39, 0.29) is 12.2 Å². The molecule has 0 aliphatic heterocycles. The SMILES string of the molecule is COC(=O)[C@@H](N)Cc1ccc(OP(=O)(O)O)c(O)c1. The second-order valence-electron chi connectivity index (χ2n) is 3.72. The van der Waals surface area contributed by atoms with Crippen molar-refractivity contribution in [3.63, 3.8) is 0 Å². The summed E-state index contributed by atoms with van der Waals surface area (Å²) in [5.41, 5.74) is 6.03. The van der Waals surface area contributed by atoms with Crippen molar-refractivity contribution in [3.05, 3.63) is 23.8 Å². The van der Waals surface area contributed by atoms with Gasteiger partial charge < -0.3 is 20.1 Å². The maximum absolute atomic E-state index is 11.1. The fraction of sp³-hybridized carbons (Fsp3) is 0.300. The summed E-state index contributed by atoms with van der Waals surface area (Å²) in [7, 11) is -3.53. The van der Waals surface area contributed by atoms with Crippen LogP contribution in [0.2, 0.25) is 0 Å². The third kappa shape index (κ3) is 4.88. The second kappa shape index (κ2) is 6.03. The molecule has 0 unspecified atom stereocenters. The Balaban J connectivity index is 2.82. The number of carbonyl (C=O) groups is 1. The van der Waals surface area contributed by atoms with Gasteiger partial charge in [-0.15, -0.1) is 0 Å². The zero-order valence-corrected chi connectivity index (χ0v) is 10.9. The van der Waals surface area contributed by atoms with Crippen molar-refractivity contribution in [2.45, 2.75) is 12.5 Å². The van der Waals surface area contributed by atoms with Crippen LogP contribution < -0.4 is 10.3 Å². The van der Waals surface area contributed by atoms with E-state index in [0.717, 1.165) is 0 Å². The van der Waals surface area contributed by atoms with E-state index >= 15 is 0 Å². The molecule has 1 atom stereocenters. The van der Waals surface area contributed by atoms with Crippen LogP contribution in [0.3, 0.4) is 0 Å². The molecular weight excluding hydrogens is 277 g/mol. The number of rotatable bonds is 5. The van der Waals surface area contributed by atoms with E-state index in [4.69, 9.17) is 15.5 Å². The van der Waals surface area contributed by atoms with Gasteiger partial charge in [0.1, 0.15) is 6.04 Å². The predicted molar refractivity (Wildman–Crippen MR) is 64.5 cm³/mol. The monoisotopic (exact) mass is 291 g/mol. The molecule has 0 heterocycles. The molecule has 106 valence electrons. The molecule has 9 heteroatoms. The van der Waals surface area contributed by atoms with Gasteiger partial charge in [-0.1, -0.05) is 6.07 Å². The largest absolute Gasteiger partial charge is 0.524 e. The molecule has 1 rings (SSSR count). The minimum Gasteiger partial charge on any atom is -0.504 e. The Labute approximate surface area is 109 Å². The standard InChI is InChI=1S/C10H14NO7P/c1-17-10(13)7(11)4-6-2-3-9(8(12)5-6)18-19(14,15)16/h2-3,5,7,12H,4,11H2,1H3,(H2,14,15,16)/t7-/m0/s1. The van der Waals surface area contributed by atoms with Crippen LogP contribution in [0.4, 0.5) is 0 Å². The molecule has 19 heavy (non-hydrogen) atoms. The maximum Gasteiger partial charge on any atom is 0.524 e. The molecule has 0 fully saturated rings. The Morgan fingerprint density at radius 3 is 2.58 bits per heavy atom. The van der Waals surface area contributed by atoms with Gasteiger partial charge in [0.05, 0.1) is 7.11 Å². The highest BCUT2D eigenvalue weighted by Gasteiger charge is 2.19. The van der Waals surface area contributed by atoms with Crippen LogP contribution >= 0.6 is 7.82 Å². The normalized spacial score (nSPS) is 12.8. The van der Waals surface area contributed by atoms with E-state index in [1.54, 1.807) is 0 Å². The Hall–Kier alpha value is -1.60. The molecule has 0 aliphatic carbocycles. The highest BCUT2D eigenvalue weighted by molar-refractivity contribution is 7.46. The van der Waals surface area contributed by atoms with Gasteiger partial charge in [0.15, 0.2) is 11.5 Å². The van der Waals surface area contributed by atoms with E-state index in [1.807, 2.05) is 0 Å². The van der Waals surface area contributed by atoms with E-state index in [2.05, 4.69) is 9.26 Å². The molecule has 0 radical (unpaired) electrons. The number of ether oxygens (including phenoxy) is 1. The molecule has 0 saturated heterocycles. The minimum atomic E-state index is -4.74. The van der Waals surface area contributed by atoms with Gasteiger partial charge >= 0.3 is 13.8 Å². The van der Waals surface area contributed by atoms with Crippen molar-refractivity contribution in [3.8, 4) is 11.5 Å². The second-order valence-corrected chi connectivity index (χ2v) is 4.88. The smallest absolute Gasteiger partial charge is 0.504 e. The van der Waals surface area contributed by atoms with Gasteiger partial charge in [0.25, 0.3) is 0 Å². The average molecular weight is 291 g/mol. The summed E-state index contributed by atoms with van der Waals surface area (Å²) < 4.78 is 19.3. The van der Waals surface area contributed by atoms with Crippen LogP contribution in [-0.4, -0.2) is 34.0 Å². The van der Waals surface area contributed by atoms with Crippen LogP contribution in [0.25, 0.3) is 0 Å². The molecule has 1 aromatic rings. The minimum absolute atomic E-state index is 0.108. The van der Waals surface area contributed by atoms with Crippen LogP contribution in [0.5, 0.6) is 11.5 Å². The van der Waals surface area contributed by atoms with Crippen molar-refractivity contribution < 1.29 is 33.5 Å². The van der Waals surface area contributed by atoms with Crippen molar-refractivity contribution in [2.75, 3.05) is 7.11 Å². The van der Waals surface area contributed by atoms with Gasteiger partial charge in [-0.25, -0.2) is 4.57 Å². The Bertz CT molecular complexity index is 513. The summed E-state index contributed by atoms with van der Waals surface area (Å²) >= 11 is 0. The number of phosphoric ester groups is 1. The average Bonchev–Trinajstić information content (AvgIpc) is 2.30. The van der Waals surface area contributed by atoms with Gasteiger partial charge in [0.2, 0.25) is 0 Å². The van der Waals surface area contributed by atoms with Crippen LogP contribution in [0.15, 0.2) is 18.2 Å². The van der Waals surface area contributed by atoms with Crippen molar-refractivity contribution >= 4 is 13.8 Å². The number of carbonyl (C=O) groups excluding carboxylic acids is 1. The van der Waals surface area contributed by atoms with Crippen LogP contribution in [-0.2, 0) is 20.5 Å². The Morgan fingerprint density at radius 1 is 1.47 bits per heavy atom. The quantitative estimate of drug-likeness (QED) is 0.436. The number of nitrogens with two attached hydrogens (primary N) is 1. The Morgan fingerprint density at radius 2 is 2.11 bits per heavy atom. The van der Waals surface area contributed by atoms with Crippen molar-refractivity contribution in [1.82, 2.24) is 0 Å². The third-order valence-corrected chi connectivity index (χ3v) is 2.63. The molecule has 0 bridgehead atoms. The number of methoxy groups -OCH3 is 1. The lowest BCUT2D eigenvalue weighted by atomic mass is 10.1. The van der Waals surface area contributed by atoms with Gasteiger partial charge in [-0.2, -0.15) is 0 Å². The first-order valence-corrected chi connectivity index (χ1v) is 6.66. The highest BCUT2D eigenvalue weighted by Crippen LogP contribution is 2.41. The molecule has 0 spiro atoms. The number of phenolic OH excluding ortho intramolecular Hbond substituents is 1. The topological polar surface area (TPSA) is 139 Å². The summed E-state index contributed by atoms with van der Waals surface area (Å²) in [6.07, 6.45) is 0.108. The fourth-order valence-corrected chi connectivity index (χ4v) is 1.79. The number of hydrogen-bond acceptors (Lipinski definition) is 6. The molecule has 0 aromatic heterocycles. The molecule has 5 N–H and O–H groups in total. The number of benzene rings is 1. The number of esters is 1. The maximum atomic E-state index is 11.1. The molecule has 1 aromatic carbocycles. The number of aromatic hydroxyl groups is 1. The van der Waals surface area contributed by atoms with Crippen molar-refractivity contribution in [1.29, 1.82) is 0 Å². The molecule has 8 nitrogen and oxygen atoms in total. The van der Waals surface area contributed by atoms with Gasteiger partial charge in [-0.3, -0.25) is 14.6 Å². The summed E-state index contributed by atoms with van der Waals surface area (Å²) in [5, 5.41) is 9.54. The molecule has 0 saturated carbocycles. The van der Waals surface area contributed by atoms with Crippen LogP contribution in [0.1, 0.15) is 5.56 Å². The molecule has 0 amide bonds. The Kier molecular flexibility index (Phi) is 4.90.